The first kappa shape index (κ1) is 20.4. The number of amides is 2. The third kappa shape index (κ3) is 7.43. The second-order valence-corrected chi connectivity index (χ2v) is 5.44. The number of halogens is 1. The summed E-state index contributed by atoms with van der Waals surface area (Å²) in [6.07, 6.45) is 1.72. The molecule has 0 radical (unpaired) electrons. The van der Waals surface area contributed by atoms with Crippen LogP contribution in [0.1, 0.15) is 38.7 Å². The molecule has 1 unspecified atom stereocenters. The minimum Gasteiger partial charge on any atom is -0.354 e. The van der Waals surface area contributed by atoms with E-state index in [4.69, 9.17) is 5.73 Å². The van der Waals surface area contributed by atoms with Crippen LogP contribution in [0, 0.1) is 0 Å². The molecular formula is C16H26ClN3O2. The summed E-state index contributed by atoms with van der Waals surface area (Å²) in [5.74, 6) is -0.298. The molecule has 6 heteroatoms. The summed E-state index contributed by atoms with van der Waals surface area (Å²) in [5.41, 5.74) is 6.09. The summed E-state index contributed by atoms with van der Waals surface area (Å²) >= 11 is 0. The number of hydrogen-bond acceptors (Lipinski definition) is 3. The maximum atomic E-state index is 11.8. The van der Waals surface area contributed by atoms with Gasteiger partial charge in [0.25, 0.3) is 0 Å². The lowest BCUT2D eigenvalue weighted by Gasteiger charge is -2.22. The molecule has 1 rings (SSSR count). The molecule has 0 aromatic heterocycles. The van der Waals surface area contributed by atoms with Gasteiger partial charge in [-0.1, -0.05) is 43.7 Å². The monoisotopic (exact) mass is 327 g/mol. The van der Waals surface area contributed by atoms with Crippen molar-refractivity contribution >= 4 is 24.2 Å². The van der Waals surface area contributed by atoms with Crippen molar-refractivity contribution in [2.75, 3.05) is 6.54 Å². The zero-order chi connectivity index (χ0) is 15.7. The predicted octanol–water partition coefficient (Wildman–Crippen LogP) is 1.75. The highest BCUT2D eigenvalue weighted by Crippen LogP contribution is 2.08. The highest BCUT2D eigenvalue weighted by atomic mass is 35.5. The average molecular weight is 328 g/mol. The SMILES string of the molecule is CCCC(C)(N)C(=O)NCCC(=O)NCc1ccccc1.Cl. The van der Waals surface area contributed by atoms with Gasteiger partial charge in [-0.25, -0.2) is 0 Å². The van der Waals surface area contributed by atoms with E-state index in [1.54, 1.807) is 6.92 Å². The van der Waals surface area contributed by atoms with Crippen LogP contribution in [0.2, 0.25) is 0 Å². The molecule has 0 fully saturated rings. The zero-order valence-electron chi connectivity index (χ0n) is 13.2. The lowest BCUT2D eigenvalue weighted by atomic mass is 9.96. The molecule has 0 aliphatic rings. The quantitative estimate of drug-likeness (QED) is 0.680. The number of benzene rings is 1. The molecule has 4 N–H and O–H groups in total. The van der Waals surface area contributed by atoms with Gasteiger partial charge in [0.15, 0.2) is 0 Å². The Kier molecular flexibility index (Phi) is 9.45. The molecule has 0 heterocycles. The van der Waals surface area contributed by atoms with Crippen molar-refractivity contribution in [2.24, 2.45) is 5.73 Å². The van der Waals surface area contributed by atoms with Crippen molar-refractivity contribution < 1.29 is 9.59 Å². The minimum absolute atomic E-state index is 0. The topological polar surface area (TPSA) is 84.2 Å². The van der Waals surface area contributed by atoms with E-state index in [1.165, 1.54) is 0 Å². The molecule has 0 saturated heterocycles. The maximum Gasteiger partial charge on any atom is 0.239 e. The summed E-state index contributed by atoms with van der Waals surface area (Å²) < 4.78 is 0. The molecule has 1 aromatic carbocycles. The normalized spacial score (nSPS) is 12.7. The van der Waals surface area contributed by atoms with Crippen LogP contribution in [0.4, 0.5) is 0 Å². The van der Waals surface area contributed by atoms with Crippen molar-refractivity contribution in [3.05, 3.63) is 35.9 Å². The number of hydrogen-bond donors (Lipinski definition) is 3. The summed E-state index contributed by atoms with van der Waals surface area (Å²) in [6, 6.07) is 9.69. The third-order valence-corrected chi connectivity index (χ3v) is 3.26. The molecular weight excluding hydrogens is 302 g/mol. The molecule has 2 amide bonds. The van der Waals surface area contributed by atoms with Crippen molar-refractivity contribution in [1.29, 1.82) is 0 Å². The average Bonchev–Trinajstić information content (AvgIpc) is 2.46. The number of carbonyl (C=O) groups excluding carboxylic acids is 2. The van der Waals surface area contributed by atoms with Crippen LogP contribution in [0.25, 0.3) is 0 Å². The highest BCUT2D eigenvalue weighted by Gasteiger charge is 2.26. The van der Waals surface area contributed by atoms with Gasteiger partial charge in [0.05, 0.1) is 5.54 Å². The van der Waals surface area contributed by atoms with Crippen LogP contribution in [0.15, 0.2) is 30.3 Å². The molecule has 5 nitrogen and oxygen atoms in total. The first-order valence-electron chi connectivity index (χ1n) is 7.33. The molecule has 0 saturated carbocycles. The fourth-order valence-electron chi connectivity index (χ4n) is 2.01. The maximum absolute atomic E-state index is 11.8. The van der Waals surface area contributed by atoms with Gasteiger partial charge < -0.3 is 16.4 Å². The van der Waals surface area contributed by atoms with Crippen LogP contribution >= 0.6 is 12.4 Å². The van der Waals surface area contributed by atoms with E-state index in [9.17, 15) is 9.59 Å². The van der Waals surface area contributed by atoms with E-state index in [2.05, 4.69) is 10.6 Å². The van der Waals surface area contributed by atoms with Crippen LogP contribution < -0.4 is 16.4 Å². The summed E-state index contributed by atoms with van der Waals surface area (Å²) in [5, 5.41) is 5.53. The van der Waals surface area contributed by atoms with Crippen molar-refractivity contribution in [3.8, 4) is 0 Å². The van der Waals surface area contributed by atoms with Crippen molar-refractivity contribution in [2.45, 2.75) is 45.2 Å². The molecule has 1 atom stereocenters. The van der Waals surface area contributed by atoms with Crippen molar-refractivity contribution in [1.82, 2.24) is 10.6 Å². The number of nitrogens with one attached hydrogen (secondary N) is 2. The zero-order valence-corrected chi connectivity index (χ0v) is 14.0. The number of nitrogens with two attached hydrogens (primary N) is 1. The largest absolute Gasteiger partial charge is 0.354 e. The molecule has 1 aromatic rings. The Hall–Kier alpha value is -1.59. The Bertz CT molecular complexity index is 464. The van der Waals surface area contributed by atoms with Crippen LogP contribution in [0.5, 0.6) is 0 Å². The first-order chi connectivity index (χ1) is 9.95. The molecule has 124 valence electrons. The Balaban J connectivity index is 0.00000441. The number of carbonyl (C=O) groups is 2. The molecule has 0 bridgehead atoms. The van der Waals surface area contributed by atoms with Gasteiger partial charge in [0, 0.05) is 19.5 Å². The molecule has 0 spiro atoms. The van der Waals surface area contributed by atoms with E-state index < -0.39 is 5.54 Å². The second-order valence-electron chi connectivity index (χ2n) is 5.44. The predicted molar refractivity (Wildman–Crippen MR) is 90.7 cm³/mol. The van der Waals surface area contributed by atoms with Gasteiger partial charge in [-0.2, -0.15) is 0 Å². The summed E-state index contributed by atoms with van der Waals surface area (Å²) in [7, 11) is 0. The minimum atomic E-state index is -0.866. The van der Waals surface area contributed by atoms with Crippen LogP contribution in [0.3, 0.4) is 0 Å². The second kappa shape index (κ2) is 10.2. The molecule has 0 aliphatic heterocycles. The van der Waals surface area contributed by atoms with E-state index in [0.717, 1.165) is 12.0 Å². The Morgan fingerprint density at radius 3 is 2.41 bits per heavy atom. The van der Waals surface area contributed by atoms with Gasteiger partial charge in [-0.05, 0) is 18.9 Å². The highest BCUT2D eigenvalue weighted by molar-refractivity contribution is 5.86. The lowest BCUT2D eigenvalue weighted by molar-refractivity contribution is -0.126. The van der Waals surface area contributed by atoms with Gasteiger partial charge in [-0.3, -0.25) is 9.59 Å². The summed E-state index contributed by atoms with van der Waals surface area (Å²) in [6.45, 7) is 4.49. The van der Waals surface area contributed by atoms with Gasteiger partial charge in [0.1, 0.15) is 0 Å². The van der Waals surface area contributed by atoms with E-state index in [-0.39, 0.29) is 30.6 Å². The lowest BCUT2D eigenvalue weighted by Crippen LogP contribution is -2.52. The first-order valence-corrected chi connectivity index (χ1v) is 7.33. The molecule has 0 aliphatic carbocycles. The van der Waals surface area contributed by atoms with E-state index >= 15 is 0 Å². The fraction of sp³-hybridized carbons (Fsp3) is 0.500. The number of rotatable bonds is 8. The van der Waals surface area contributed by atoms with Crippen LogP contribution in [-0.4, -0.2) is 23.9 Å². The molecule has 22 heavy (non-hydrogen) atoms. The Morgan fingerprint density at radius 2 is 1.82 bits per heavy atom. The smallest absolute Gasteiger partial charge is 0.239 e. The Labute approximate surface area is 138 Å². The van der Waals surface area contributed by atoms with Gasteiger partial charge in [0.2, 0.25) is 11.8 Å². The van der Waals surface area contributed by atoms with Crippen LogP contribution in [-0.2, 0) is 16.1 Å². The van der Waals surface area contributed by atoms with E-state index in [0.29, 0.717) is 19.5 Å². The summed E-state index contributed by atoms with van der Waals surface area (Å²) in [4.78, 5) is 23.5. The van der Waals surface area contributed by atoms with Gasteiger partial charge >= 0.3 is 0 Å². The Morgan fingerprint density at radius 1 is 1.18 bits per heavy atom. The third-order valence-electron chi connectivity index (χ3n) is 3.26. The standard InChI is InChI=1S/C16H25N3O2.ClH/c1-3-10-16(2,17)15(21)18-11-9-14(20)19-12-13-7-5-4-6-8-13;/h4-8H,3,9-12,17H2,1-2H3,(H,18,21)(H,19,20);1H. The fourth-order valence-corrected chi connectivity index (χ4v) is 2.01. The van der Waals surface area contributed by atoms with E-state index in [1.807, 2.05) is 37.3 Å². The van der Waals surface area contributed by atoms with Crippen molar-refractivity contribution in [3.63, 3.8) is 0 Å². The van der Waals surface area contributed by atoms with Gasteiger partial charge in [-0.15, -0.1) is 12.4 Å².